The fourth-order valence-electron chi connectivity index (χ4n) is 1.61. The molecule has 88 valence electrons. The highest BCUT2D eigenvalue weighted by Crippen LogP contribution is 2.22. The second-order valence-corrected chi connectivity index (χ2v) is 5.00. The minimum atomic E-state index is -0.267. The molecule has 1 saturated heterocycles. The highest BCUT2D eigenvalue weighted by Gasteiger charge is 2.32. The Kier molecular flexibility index (Phi) is 4.41. The van der Waals surface area contributed by atoms with Crippen LogP contribution in [0.1, 0.15) is 26.7 Å². The van der Waals surface area contributed by atoms with Gasteiger partial charge in [0.25, 0.3) is 0 Å². The second-order valence-electron chi connectivity index (χ2n) is 4.73. The number of amides is 1. The number of rotatable bonds is 3. The summed E-state index contributed by atoms with van der Waals surface area (Å²) in [5, 5.41) is 0. The standard InChI is InChI=1S/C11H20ClNO2/c1-11(2,8-12)13(3)10(14)9-4-6-15-7-5-9/h9H,4-8H2,1-3H3. The van der Waals surface area contributed by atoms with Crippen LogP contribution in [0.25, 0.3) is 0 Å². The van der Waals surface area contributed by atoms with E-state index in [0.29, 0.717) is 19.1 Å². The molecule has 0 atom stereocenters. The van der Waals surface area contributed by atoms with Gasteiger partial charge in [0, 0.05) is 32.1 Å². The van der Waals surface area contributed by atoms with Crippen LogP contribution in [0, 0.1) is 5.92 Å². The molecule has 1 aliphatic rings. The number of carbonyl (C=O) groups is 1. The van der Waals surface area contributed by atoms with Crippen molar-refractivity contribution in [1.29, 1.82) is 0 Å². The molecule has 1 fully saturated rings. The summed E-state index contributed by atoms with van der Waals surface area (Å²) >= 11 is 5.85. The van der Waals surface area contributed by atoms with Gasteiger partial charge in [0.15, 0.2) is 0 Å². The summed E-state index contributed by atoms with van der Waals surface area (Å²) in [4.78, 5) is 13.9. The van der Waals surface area contributed by atoms with E-state index < -0.39 is 0 Å². The fourth-order valence-corrected chi connectivity index (χ4v) is 1.79. The highest BCUT2D eigenvalue weighted by molar-refractivity contribution is 6.18. The first-order valence-corrected chi connectivity index (χ1v) is 5.94. The van der Waals surface area contributed by atoms with Crippen LogP contribution in [0.15, 0.2) is 0 Å². The van der Waals surface area contributed by atoms with Gasteiger partial charge in [-0.15, -0.1) is 11.6 Å². The minimum Gasteiger partial charge on any atom is -0.381 e. The van der Waals surface area contributed by atoms with E-state index in [4.69, 9.17) is 16.3 Å². The fraction of sp³-hybridized carbons (Fsp3) is 0.909. The Morgan fingerprint density at radius 2 is 2.00 bits per heavy atom. The largest absolute Gasteiger partial charge is 0.381 e. The molecule has 1 amide bonds. The van der Waals surface area contributed by atoms with Gasteiger partial charge in [0.05, 0.1) is 5.54 Å². The number of hydrogen-bond acceptors (Lipinski definition) is 2. The SMILES string of the molecule is CN(C(=O)C1CCOCC1)C(C)(C)CCl. The molecule has 1 rings (SSSR count). The highest BCUT2D eigenvalue weighted by atomic mass is 35.5. The third-order valence-corrected chi connectivity index (χ3v) is 3.79. The van der Waals surface area contributed by atoms with E-state index in [1.807, 2.05) is 20.9 Å². The van der Waals surface area contributed by atoms with Gasteiger partial charge in [0.2, 0.25) is 5.91 Å². The van der Waals surface area contributed by atoms with Gasteiger partial charge >= 0.3 is 0 Å². The molecule has 0 aromatic carbocycles. The minimum absolute atomic E-state index is 0.117. The van der Waals surface area contributed by atoms with Crippen LogP contribution in [0.2, 0.25) is 0 Å². The Balaban J connectivity index is 2.58. The van der Waals surface area contributed by atoms with Crippen LogP contribution < -0.4 is 0 Å². The van der Waals surface area contributed by atoms with Gasteiger partial charge in [-0.2, -0.15) is 0 Å². The van der Waals surface area contributed by atoms with E-state index in [9.17, 15) is 4.79 Å². The van der Waals surface area contributed by atoms with E-state index in [2.05, 4.69) is 0 Å². The zero-order valence-electron chi connectivity index (χ0n) is 9.75. The van der Waals surface area contributed by atoms with Crippen molar-refractivity contribution in [2.24, 2.45) is 5.92 Å². The predicted octanol–water partition coefficient (Wildman–Crippen LogP) is 1.89. The predicted molar refractivity (Wildman–Crippen MR) is 61.1 cm³/mol. The third kappa shape index (κ3) is 3.08. The summed E-state index contributed by atoms with van der Waals surface area (Å²) in [7, 11) is 1.83. The number of hydrogen-bond donors (Lipinski definition) is 0. The van der Waals surface area contributed by atoms with Crippen molar-refractivity contribution < 1.29 is 9.53 Å². The topological polar surface area (TPSA) is 29.5 Å². The van der Waals surface area contributed by atoms with E-state index in [-0.39, 0.29) is 17.4 Å². The molecule has 0 bridgehead atoms. The summed E-state index contributed by atoms with van der Waals surface area (Å²) in [5.74, 6) is 0.772. The molecule has 15 heavy (non-hydrogen) atoms. The van der Waals surface area contributed by atoms with E-state index in [1.165, 1.54) is 0 Å². The van der Waals surface area contributed by atoms with Gasteiger partial charge in [0.1, 0.15) is 0 Å². The van der Waals surface area contributed by atoms with Crippen molar-refractivity contribution in [1.82, 2.24) is 4.90 Å². The molecule has 4 heteroatoms. The average molecular weight is 234 g/mol. The number of nitrogens with zero attached hydrogens (tertiary/aromatic N) is 1. The van der Waals surface area contributed by atoms with E-state index in [1.54, 1.807) is 4.90 Å². The lowest BCUT2D eigenvalue weighted by Gasteiger charge is -2.37. The molecule has 0 aromatic rings. The molecular weight excluding hydrogens is 214 g/mol. The lowest BCUT2D eigenvalue weighted by molar-refractivity contribution is -0.141. The van der Waals surface area contributed by atoms with Crippen LogP contribution >= 0.6 is 11.6 Å². The van der Waals surface area contributed by atoms with Gasteiger partial charge in [-0.25, -0.2) is 0 Å². The molecule has 3 nitrogen and oxygen atoms in total. The normalized spacial score (nSPS) is 18.9. The van der Waals surface area contributed by atoms with Gasteiger partial charge in [-0.05, 0) is 26.7 Å². The summed E-state index contributed by atoms with van der Waals surface area (Å²) in [6.07, 6.45) is 1.67. The average Bonchev–Trinajstić information content (AvgIpc) is 2.28. The maximum Gasteiger partial charge on any atom is 0.226 e. The van der Waals surface area contributed by atoms with Crippen molar-refractivity contribution >= 4 is 17.5 Å². The van der Waals surface area contributed by atoms with Crippen molar-refractivity contribution in [3.63, 3.8) is 0 Å². The Hall–Kier alpha value is -0.280. The molecule has 0 aromatic heterocycles. The van der Waals surface area contributed by atoms with Crippen molar-refractivity contribution in [2.45, 2.75) is 32.2 Å². The molecule has 0 spiro atoms. The van der Waals surface area contributed by atoms with Crippen molar-refractivity contribution in [2.75, 3.05) is 26.1 Å². The Bertz CT molecular complexity index is 225. The van der Waals surface area contributed by atoms with Gasteiger partial charge < -0.3 is 9.64 Å². The first-order valence-electron chi connectivity index (χ1n) is 5.40. The first-order chi connectivity index (χ1) is 6.99. The van der Waals surface area contributed by atoms with Crippen molar-refractivity contribution in [3.05, 3.63) is 0 Å². The molecule has 0 radical (unpaired) electrons. The molecule has 0 aliphatic carbocycles. The van der Waals surface area contributed by atoms with Crippen LogP contribution in [-0.4, -0.2) is 42.5 Å². The van der Waals surface area contributed by atoms with Crippen LogP contribution in [0.5, 0.6) is 0 Å². The summed E-state index contributed by atoms with van der Waals surface area (Å²) in [6, 6.07) is 0. The number of ether oxygens (including phenoxy) is 1. The Morgan fingerprint density at radius 1 is 1.47 bits per heavy atom. The smallest absolute Gasteiger partial charge is 0.226 e. The first kappa shape index (κ1) is 12.8. The van der Waals surface area contributed by atoms with Gasteiger partial charge in [-0.3, -0.25) is 4.79 Å². The third-order valence-electron chi connectivity index (χ3n) is 3.14. The molecule has 0 N–H and O–H groups in total. The summed E-state index contributed by atoms with van der Waals surface area (Å²) in [6.45, 7) is 5.37. The number of halogens is 1. The molecule has 0 saturated carbocycles. The Morgan fingerprint density at radius 3 is 2.47 bits per heavy atom. The number of carbonyl (C=O) groups excluding carboxylic acids is 1. The summed E-state index contributed by atoms with van der Waals surface area (Å²) in [5.41, 5.74) is -0.267. The van der Waals surface area contributed by atoms with E-state index in [0.717, 1.165) is 12.8 Å². The van der Waals surface area contributed by atoms with Gasteiger partial charge in [-0.1, -0.05) is 0 Å². The molecule has 0 unspecified atom stereocenters. The summed E-state index contributed by atoms with van der Waals surface area (Å²) < 4.78 is 5.24. The zero-order chi connectivity index (χ0) is 11.5. The number of alkyl halides is 1. The Labute approximate surface area is 96.7 Å². The van der Waals surface area contributed by atoms with Crippen LogP contribution in [0.4, 0.5) is 0 Å². The maximum atomic E-state index is 12.1. The molecule has 1 aliphatic heterocycles. The quantitative estimate of drug-likeness (QED) is 0.697. The van der Waals surface area contributed by atoms with Crippen LogP contribution in [-0.2, 0) is 9.53 Å². The van der Waals surface area contributed by atoms with E-state index >= 15 is 0 Å². The molecular formula is C11H20ClNO2. The lowest BCUT2D eigenvalue weighted by atomic mass is 9.96. The maximum absolute atomic E-state index is 12.1. The zero-order valence-corrected chi connectivity index (χ0v) is 10.5. The molecule has 1 heterocycles. The monoisotopic (exact) mass is 233 g/mol. The second kappa shape index (κ2) is 5.17. The lowest BCUT2D eigenvalue weighted by Crippen LogP contribution is -2.49. The van der Waals surface area contributed by atoms with Crippen molar-refractivity contribution in [3.8, 4) is 0 Å². The van der Waals surface area contributed by atoms with Crippen LogP contribution in [0.3, 0.4) is 0 Å².